The summed E-state index contributed by atoms with van der Waals surface area (Å²) in [4.78, 5) is 53.2. The summed E-state index contributed by atoms with van der Waals surface area (Å²) < 4.78 is 6.81. The van der Waals surface area contributed by atoms with Gasteiger partial charge in [-0.1, -0.05) is 29.8 Å². The molecule has 1 aliphatic rings. The molecule has 4 aromatic rings. The van der Waals surface area contributed by atoms with Crippen LogP contribution in [0.25, 0.3) is 11.1 Å². The summed E-state index contributed by atoms with van der Waals surface area (Å²) in [6.07, 6.45) is 1.72. The highest BCUT2D eigenvalue weighted by Gasteiger charge is 2.26. The van der Waals surface area contributed by atoms with Crippen LogP contribution in [0.4, 0.5) is 17.1 Å². The Hall–Kier alpha value is -4.93. The number of amides is 3. The van der Waals surface area contributed by atoms with Crippen LogP contribution in [0.2, 0.25) is 0 Å². The number of anilines is 3. The zero-order valence-corrected chi connectivity index (χ0v) is 26.0. The van der Waals surface area contributed by atoms with Crippen molar-refractivity contribution in [3.8, 4) is 11.1 Å². The number of aromatic nitrogens is 1. The number of alkyl halides is 1. The minimum absolute atomic E-state index is 0.224. The van der Waals surface area contributed by atoms with Crippen molar-refractivity contribution in [2.75, 3.05) is 36.9 Å². The number of hydrogen-bond acceptors (Lipinski definition) is 6. The summed E-state index contributed by atoms with van der Waals surface area (Å²) in [6, 6.07) is 19.4. The number of benzene rings is 3. The highest BCUT2D eigenvalue weighted by Crippen LogP contribution is 2.32. The number of hydrogen-bond donors (Lipinski definition) is 3. The van der Waals surface area contributed by atoms with Crippen molar-refractivity contribution in [1.29, 1.82) is 0 Å². The second-order valence-electron chi connectivity index (χ2n) is 11.0. The predicted octanol–water partition coefficient (Wildman–Crippen LogP) is 4.90. The summed E-state index contributed by atoms with van der Waals surface area (Å²) in [6.45, 7) is 5.54. The summed E-state index contributed by atoms with van der Waals surface area (Å²) in [5.74, 6) is -1.31. The maximum Gasteiger partial charge on any atom is 0.274 e. The molecule has 1 fully saturated rings. The van der Waals surface area contributed by atoms with Gasteiger partial charge in [-0.15, -0.1) is 11.6 Å². The van der Waals surface area contributed by atoms with Crippen molar-refractivity contribution >= 4 is 46.4 Å². The molecule has 0 radical (unpaired) electrons. The molecule has 0 spiro atoms. The van der Waals surface area contributed by atoms with Crippen molar-refractivity contribution in [1.82, 2.24) is 9.47 Å². The molecule has 5 rings (SSSR count). The number of nitrogens with two attached hydrogens (primary N) is 1. The molecule has 0 bridgehead atoms. The first-order valence-corrected chi connectivity index (χ1v) is 14.9. The third kappa shape index (κ3) is 6.92. The van der Waals surface area contributed by atoms with E-state index < -0.39 is 11.3 Å². The van der Waals surface area contributed by atoms with Gasteiger partial charge in [-0.2, -0.15) is 0 Å². The number of aryl methyl sites for hydroxylation is 2. The lowest BCUT2D eigenvalue weighted by Gasteiger charge is -2.28. The molecule has 11 heteroatoms. The van der Waals surface area contributed by atoms with E-state index >= 15 is 0 Å². The number of nitrogens with zero attached hydrogens (tertiary/aromatic N) is 2. The first kappa shape index (κ1) is 31.5. The van der Waals surface area contributed by atoms with E-state index in [-0.39, 0.29) is 34.2 Å². The van der Waals surface area contributed by atoms with E-state index in [0.29, 0.717) is 43.2 Å². The Kier molecular flexibility index (Phi) is 9.36. The number of carbonyl (C=O) groups is 3. The number of halogens is 1. The number of ether oxygens (including phenoxy) is 1. The Labute approximate surface area is 265 Å². The molecule has 0 aliphatic carbocycles. The molecule has 1 atom stereocenters. The quantitative estimate of drug-likeness (QED) is 0.238. The van der Waals surface area contributed by atoms with Crippen LogP contribution < -0.4 is 21.9 Å². The topological polar surface area (TPSA) is 136 Å². The van der Waals surface area contributed by atoms with E-state index in [9.17, 15) is 19.2 Å². The fraction of sp³-hybridized carbons (Fsp3) is 0.235. The number of nitrogens with one attached hydrogen (secondary N) is 2. The van der Waals surface area contributed by atoms with Crippen molar-refractivity contribution in [2.45, 2.75) is 19.2 Å². The number of primary amides is 1. The van der Waals surface area contributed by atoms with E-state index in [1.807, 2.05) is 44.2 Å². The first-order chi connectivity index (χ1) is 21.5. The number of rotatable bonds is 8. The summed E-state index contributed by atoms with van der Waals surface area (Å²) in [7, 11) is 1.65. The standard InChI is InChI=1S/C34H34ClN5O5/c1-20-7-9-22(10-8-20)32(42)38-28-6-4-5-25(21(28)2)23-17-29(34(44)39(3)19-23)37-24-11-12-26(27(18-24)30(35)31(36)41)33(43)40-13-15-45-16-14-40/h4-12,17-19,30,37H,13-16H2,1-3H3,(H2,36,41)(H,38,42). The Balaban J connectivity index is 1.46. The average Bonchev–Trinajstić information content (AvgIpc) is 3.04. The normalized spacial score (nSPS) is 13.6. The van der Waals surface area contributed by atoms with Gasteiger partial charge >= 0.3 is 0 Å². The van der Waals surface area contributed by atoms with Crippen molar-refractivity contribution in [3.05, 3.63) is 111 Å². The summed E-state index contributed by atoms with van der Waals surface area (Å²) in [5, 5.41) is 4.86. The van der Waals surface area contributed by atoms with Crippen LogP contribution in [0.1, 0.15) is 42.8 Å². The van der Waals surface area contributed by atoms with E-state index in [2.05, 4.69) is 10.6 Å². The van der Waals surface area contributed by atoms with Gasteiger partial charge in [0.05, 0.1) is 13.2 Å². The van der Waals surface area contributed by atoms with E-state index in [0.717, 1.165) is 22.3 Å². The van der Waals surface area contributed by atoms with Crippen LogP contribution >= 0.6 is 11.6 Å². The molecule has 2 heterocycles. The van der Waals surface area contributed by atoms with Gasteiger partial charge in [0.2, 0.25) is 5.91 Å². The molecule has 4 N–H and O–H groups in total. The monoisotopic (exact) mass is 627 g/mol. The SMILES string of the molecule is Cc1ccc(C(=O)Nc2cccc(-c3cc(Nc4ccc(C(=O)N5CCOCC5)c(C(Cl)C(N)=O)c4)c(=O)n(C)c3)c2C)cc1. The van der Waals surface area contributed by atoms with Crippen molar-refractivity contribution < 1.29 is 19.1 Å². The molecule has 0 saturated carbocycles. The maximum atomic E-state index is 13.3. The molecule has 10 nitrogen and oxygen atoms in total. The van der Waals surface area contributed by atoms with Crippen molar-refractivity contribution in [2.24, 2.45) is 12.8 Å². The van der Waals surface area contributed by atoms with Gasteiger partial charge in [-0.05, 0) is 73.0 Å². The second-order valence-corrected chi connectivity index (χ2v) is 11.4. The Morgan fingerprint density at radius 1 is 0.956 bits per heavy atom. The largest absolute Gasteiger partial charge is 0.378 e. The lowest BCUT2D eigenvalue weighted by Crippen LogP contribution is -2.41. The Bertz CT molecular complexity index is 1830. The Morgan fingerprint density at radius 2 is 1.67 bits per heavy atom. The molecule has 232 valence electrons. The van der Waals surface area contributed by atoms with E-state index in [1.165, 1.54) is 4.57 Å². The van der Waals surface area contributed by atoms with Gasteiger partial charge in [0.1, 0.15) is 11.1 Å². The number of morpholine rings is 1. The second kappa shape index (κ2) is 13.4. The highest BCUT2D eigenvalue weighted by atomic mass is 35.5. The smallest absolute Gasteiger partial charge is 0.274 e. The first-order valence-electron chi connectivity index (χ1n) is 14.4. The molecular formula is C34H34ClN5O5. The minimum atomic E-state index is -1.26. The Morgan fingerprint density at radius 3 is 2.36 bits per heavy atom. The average molecular weight is 628 g/mol. The summed E-state index contributed by atoms with van der Waals surface area (Å²) >= 11 is 6.39. The van der Waals surface area contributed by atoms with Gasteiger partial charge in [0.25, 0.3) is 17.4 Å². The molecule has 3 amide bonds. The summed E-state index contributed by atoms with van der Waals surface area (Å²) in [5.41, 5.74) is 11.0. The molecule has 3 aromatic carbocycles. The van der Waals surface area contributed by atoms with E-state index in [1.54, 1.807) is 54.5 Å². The highest BCUT2D eigenvalue weighted by molar-refractivity contribution is 6.31. The number of carbonyl (C=O) groups excluding carboxylic acids is 3. The molecule has 45 heavy (non-hydrogen) atoms. The molecular weight excluding hydrogens is 594 g/mol. The van der Waals surface area contributed by atoms with Crippen LogP contribution in [0.3, 0.4) is 0 Å². The van der Waals surface area contributed by atoms with Crippen molar-refractivity contribution in [3.63, 3.8) is 0 Å². The van der Waals surface area contributed by atoms with Crippen LogP contribution in [0.15, 0.2) is 77.7 Å². The van der Waals surface area contributed by atoms with Crippen LogP contribution in [0.5, 0.6) is 0 Å². The van der Waals surface area contributed by atoms with Gasteiger partial charge in [-0.3, -0.25) is 19.2 Å². The van der Waals surface area contributed by atoms with Crippen LogP contribution in [-0.4, -0.2) is 53.5 Å². The fourth-order valence-electron chi connectivity index (χ4n) is 5.22. The lowest BCUT2D eigenvalue weighted by atomic mass is 9.99. The lowest BCUT2D eigenvalue weighted by molar-refractivity contribution is -0.117. The maximum absolute atomic E-state index is 13.3. The third-order valence-electron chi connectivity index (χ3n) is 7.77. The van der Waals surface area contributed by atoms with Gasteiger partial charge in [0, 0.05) is 54.4 Å². The van der Waals surface area contributed by atoms with Gasteiger partial charge in [0.15, 0.2) is 0 Å². The minimum Gasteiger partial charge on any atom is -0.378 e. The zero-order valence-electron chi connectivity index (χ0n) is 25.2. The molecule has 1 unspecified atom stereocenters. The number of pyridine rings is 1. The zero-order chi connectivity index (χ0) is 32.2. The van der Waals surface area contributed by atoms with Gasteiger partial charge in [-0.25, -0.2) is 0 Å². The third-order valence-corrected chi connectivity index (χ3v) is 8.22. The predicted molar refractivity (Wildman–Crippen MR) is 175 cm³/mol. The van der Waals surface area contributed by atoms with E-state index in [4.69, 9.17) is 22.1 Å². The molecule has 1 saturated heterocycles. The van der Waals surface area contributed by atoms with Gasteiger partial charge < -0.3 is 30.6 Å². The van der Waals surface area contributed by atoms with Crippen LogP contribution in [-0.2, 0) is 16.6 Å². The van der Waals surface area contributed by atoms with Crippen LogP contribution in [0, 0.1) is 13.8 Å². The molecule has 1 aliphatic heterocycles. The fourth-order valence-corrected chi connectivity index (χ4v) is 5.40. The molecule has 1 aromatic heterocycles.